The van der Waals surface area contributed by atoms with Crippen molar-refractivity contribution < 1.29 is 18.7 Å². The second-order valence-electron chi connectivity index (χ2n) is 8.12. The molecular weight excluding hydrogens is 459 g/mol. The molecule has 0 spiro atoms. The minimum atomic E-state index is -0.337. The summed E-state index contributed by atoms with van der Waals surface area (Å²) in [6.07, 6.45) is 1.69. The molecule has 36 heavy (non-hydrogen) atoms. The number of hydrogen-bond acceptors (Lipinski definition) is 4. The highest BCUT2D eigenvalue weighted by atomic mass is 19.1. The summed E-state index contributed by atoms with van der Waals surface area (Å²) in [5.74, 6) is -0.253. The second-order valence-corrected chi connectivity index (χ2v) is 8.12. The second kappa shape index (κ2) is 11.3. The number of ether oxygens (including phenoxy) is 1. The molecule has 1 aromatic heterocycles. The van der Waals surface area contributed by atoms with E-state index in [0.29, 0.717) is 23.6 Å². The molecule has 4 aromatic rings. The summed E-state index contributed by atoms with van der Waals surface area (Å²) in [6, 6.07) is 22.7. The molecule has 0 bridgehead atoms. The van der Waals surface area contributed by atoms with Crippen molar-refractivity contribution in [3.8, 4) is 22.7 Å². The third kappa shape index (κ3) is 5.78. The van der Waals surface area contributed by atoms with Crippen molar-refractivity contribution in [2.45, 2.75) is 13.5 Å². The molecule has 4 rings (SSSR count). The zero-order valence-corrected chi connectivity index (χ0v) is 20.1. The molecule has 0 unspecified atom stereocenters. The maximum Gasteiger partial charge on any atom is 0.258 e. The van der Waals surface area contributed by atoms with E-state index in [1.807, 2.05) is 61.5 Å². The van der Waals surface area contributed by atoms with Crippen molar-refractivity contribution in [2.24, 2.45) is 0 Å². The number of para-hydroxylation sites is 1. The van der Waals surface area contributed by atoms with Gasteiger partial charge in [0, 0.05) is 24.8 Å². The van der Waals surface area contributed by atoms with Gasteiger partial charge in [-0.05, 0) is 61.0 Å². The largest absolute Gasteiger partial charge is 0.497 e. The van der Waals surface area contributed by atoms with Crippen LogP contribution in [-0.4, -0.2) is 46.7 Å². The minimum Gasteiger partial charge on any atom is -0.497 e. The monoisotopic (exact) mass is 486 g/mol. The predicted molar refractivity (Wildman–Crippen MR) is 135 cm³/mol. The molecule has 0 fully saturated rings. The maximum atomic E-state index is 13.6. The van der Waals surface area contributed by atoms with Gasteiger partial charge in [0.15, 0.2) is 0 Å². The lowest BCUT2D eigenvalue weighted by Crippen LogP contribution is -2.40. The van der Waals surface area contributed by atoms with E-state index in [2.05, 4.69) is 5.32 Å². The number of nitrogens with zero attached hydrogens (tertiary/aromatic N) is 3. The average molecular weight is 487 g/mol. The van der Waals surface area contributed by atoms with Gasteiger partial charge >= 0.3 is 0 Å². The summed E-state index contributed by atoms with van der Waals surface area (Å²) in [5, 5.41) is 7.49. The fourth-order valence-electron chi connectivity index (χ4n) is 3.74. The molecule has 7 nitrogen and oxygen atoms in total. The van der Waals surface area contributed by atoms with Crippen LogP contribution in [0.5, 0.6) is 5.75 Å². The van der Waals surface area contributed by atoms with Crippen LogP contribution in [0.3, 0.4) is 0 Å². The van der Waals surface area contributed by atoms with Gasteiger partial charge in [0.25, 0.3) is 5.91 Å². The maximum absolute atomic E-state index is 13.6. The molecule has 0 saturated heterocycles. The molecule has 8 heteroatoms. The Morgan fingerprint density at radius 1 is 1.00 bits per heavy atom. The van der Waals surface area contributed by atoms with Crippen LogP contribution in [0.2, 0.25) is 0 Å². The van der Waals surface area contributed by atoms with Gasteiger partial charge in [0.2, 0.25) is 5.91 Å². The molecule has 0 radical (unpaired) electrons. The van der Waals surface area contributed by atoms with E-state index in [1.54, 1.807) is 30.1 Å². The summed E-state index contributed by atoms with van der Waals surface area (Å²) in [4.78, 5) is 27.7. The summed E-state index contributed by atoms with van der Waals surface area (Å²) < 4.78 is 20.0. The summed E-state index contributed by atoms with van der Waals surface area (Å²) in [7, 11) is 1.59. The van der Waals surface area contributed by atoms with Crippen molar-refractivity contribution in [1.82, 2.24) is 20.0 Å². The van der Waals surface area contributed by atoms with E-state index in [-0.39, 0.29) is 30.7 Å². The van der Waals surface area contributed by atoms with E-state index in [9.17, 15) is 14.0 Å². The number of aromatic nitrogens is 2. The molecule has 1 heterocycles. The van der Waals surface area contributed by atoms with Gasteiger partial charge in [-0.15, -0.1) is 0 Å². The van der Waals surface area contributed by atoms with Crippen molar-refractivity contribution in [1.29, 1.82) is 0 Å². The molecule has 184 valence electrons. The number of amides is 2. The van der Waals surface area contributed by atoms with Crippen LogP contribution in [0.1, 0.15) is 22.8 Å². The lowest BCUT2D eigenvalue weighted by atomic mass is 10.1. The number of nitrogens with one attached hydrogen (secondary N) is 1. The SMILES string of the molecule is CCN(CC(=O)NCc1ccc(F)cc1)C(=O)c1cn(-c2ccccc2)nc1-c1ccc(OC)cc1. The first kappa shape index (κ1) is 24.7. The molecule has 0 aliphatic carbocycles. The van der Waals surface area contributed by atoms with Gasteiger partial charge < -0.3 is 15.0 Å². The topological polar surface area (TPSA) is 76.5 Å². The Labute approximate surface area is 209 Å². The van der Waals surface area contributed by atoms with E-state index in [4.69, 9.17) is 9.84 Å². The number of halogens is 1. The van der Waals surface area contributed by atoms with Crippen molar-refractivity contribution >= 4 is 11.8 Å². The number of methoxy groups -OCH3 is 1. The third-order valence-electron chi connectivity index (χ3n) is 5.74. The number of likely N-dealkylation sites (N-methyl/N-ethyl adjacent to an activating group) is 1. The Kier molecular flexibility index (Phi) is 7.75. The van der Waals surface area contributed by atoms with Crippen molar-refractivity contribution in [2.75, 3.05) is 20.2 Å². The van der Waals surface area contributed by atoms with Crippen LogP contribution in [0.4, 0.5) is 4.39 Å². The molecule has 0 atom stereocenters. The number of hydrogen-bond donors (Lipinski definition) is 1. The van der Waals surface area contributed by atoms with E-state index in [0.717, 1.165) is 16.8 Å². The minimum absolute atomic E-state index is 0.116. The standard InChI is InChI=1S/C28H27FN4O3/c1-3-32(19-26(34)30-17-20-9-13-22(29)14-10-20)28(35)25-18-33(23-7-5-4-6-8-23)31-27(25)21-11-15-24(36-2)16-12-21/h4-16,18H,3,17,19H2,1-2H3,(H,30,34). The fourth-order valence-corrected chi connectivity index (χ4v) is 3.74. The molecule has 1 N–H and O–H groups in total. The molecule has 3 aromatic carbocycles. The molecule has 2 amide bonds. The van der Waals surface area contributed by atoms with Gasteiger partial charge in [-0.25, -0.2) is 9.07 Å². The van der Waals surface area contributed by atoms with Gasteiger partial charge in [-0.1, -0.05) is 30.3 Å². The van der Waals surface area contributed by atoms with E-state index >= 15 is 0 Å². The first-order valence-electron chi connectivity index (χ1n) is 11.6. The van der Waals surface area contributed by atoms with Gasteiger partial charge in [-0.2, -0.15) is 5.10 Å². The predicted octanol–water partition coefficient (Wildman–Crippen LogP) is 4.47. The highest BCUT2D eigenvalue weighted by molar-refractivity contribution is 6.01. The lowest BCUT2D eigenvalue weighted by Gasteiger charge is -2.20. The van der Waals surface area contributed by atoms with Gasteiger partial charge in [-0.3, -0.25) is 9.59 Å². The Hall–Kier alpha value is -4.46. The summed E-state index contributed by atoms with van der Waals surface area (Å²) >= 11 is 0. The van der Waals surface area contributed by atoms with Gasteiger partial charge in [0.1, 0.15) is 17.3 Å². The van der Waals surface area contributed by atoms with Crippen LogP contribution in [-0.2, 0) is 11.3 Å². The van der Waals surface area contributed by atoms with E-state index in [1.165, 1.54) is 17.0 Å². The van der Waals surface area contributed by atoms with Crippen molar-refractivity contribution in [3.05, 3.63) is 102 Å². The number of carbonyl (C=O) groups is 2. The van der Waals surface area contributed by atoms with Crippen LogP contribution in [0.15, 0.2) is 85.1 Å². The van der Waals surface area contributed by atoms with E-state index < -0.39 is 0 Å². The summed E-state index contributed by atoms with van der Waals surface area (Å²) in [6.45, 7) is 2.28. The first-order valence-corrected chi connectivity index (χ1v) is 11.6. The summed E-state index contributed by atoms with van der Waals surface area (Å²) in [5.41, 5.74) is 3.23. The Morgan fingerprint density at radius 3 is 2.33 bits per heavy atom. The Bertz CT molecular complexity index is 1320. The lowest BCUT2D eigenvalue weighted by molar-refractivity contribution is -0.121. The Balaban J connectivity index is 1.57. The highest BCUT2D eigenvalue weighted by Crippen LogP contribution is 2.27. The van der Waals surface area contributed by atoms with Crippen LogP contribution < -0.4 is 10.1 Å². The van der Waals surface area contributed by atoms with Crippen LogP contribution in [0.25, 0.3) is 16.9 Å². The van der Waals surface area contributed by atoms with Gasteiger partial charge in [0.05, 0.1) is 24.9 Å². The number of benzene rings is 3. The normalized spacial score (nSPS) is 10.6. The molecule has 0 aliphatic rings. The first-order chi connectivity index (χ1) is 17.5. The smallest absolute Gasteiger partial charge is 0.258 e. The molecule has 0 aliphatic heterocycles. The van der Waals surface area contributed by atoms with Crippen molar-refractivity contribution in [3.63, 3.8) is 0 Å². The number of rotatable bonds is 9. The third-order valence-corrected chi connectivity index (χ3v) is 5.74. The Morgan fingerprint density at radius 2 is 1.69 bits per heavy atom. The quantitative estimate of drug-likeness (QED) is 0.379. The number of carbonyl (C=O) groups excluding carboxylic acids is 2. The fraction of sp³-hybridized carbons (Fsp3) is 0.179. The highest BCUT2D eigenvalue weighted by Gasteiger charge is 2.24. The zero-order chi connectivity index (χ0) is 25.5. The average Bonchev–Trinajstić information content (AvgIpc) is 3.37. The zero-order valence-electron chi connectivity index (χ0n) is 20.1. The van der Waals surface area contributed by atoms with Crippen LogP contribution >= 0.6 is 0 Å². The molecular formula is C28H27FN4O3. The molecule has 0 saturated carbocycles. The van der Waals surface area contributed by atoms with Crippen LogP contribution in [0, 0.1) is 5.82 Å².